The Morgan fingerprint density at radius 2 is 0.889 bits per heavy atom. The first-order valence-corrected chi connectivity index (χ1v) is 3.23. The van der Waals surface area contributed by atoms with Crippen molar-refractivity contribution >= 4 is 65.9 Å². The summed E-state index contributed by atoms with van der Waals surface area (Å²) < 4.78 is 4.06. The predicted molar refractivity (Wildman–Crippen MR) is 42.6 cm³/mol. The maximum atomic E-state index is 2.19. The fourth-order valence-corrected chi connectivity index (χ4v) is 1.20. The molecule has 1 aromatic carbocycles. The summed E-state index contributed by atoms with van der Waals surface area (Å²) >= 11 is 6.38. The second-order valence-electron chi connectivity index (χ2n) is 2.67. The molecule has 3 heteroatoms. The van der Waals surface area contributed by atoms with Crippen molar-refractivity contribution in [3.05, 3.63) is 18.2 Å². The van der Waals surface area contributed by atoms with Crippen LogP contribution in [0.4, 0.5) is 0 Å². The van der Waals surface area contributed by atoms with Gasteiger partial charge in [0, 0.05) is 0 Å². The molecule has 0 aliphatic heterocycles. The summed E-state index contributed by atoms with van der Waals surface area (Å²) in [6, 6.07) is 6.56. The third kappa shape index (κ3) is 2.62. The first-order valence-electron chi connectivity index (χ1n) is 3.23. The van der Waals surface area contributed by atoms with Gasteiger partial charge in [-0.05, 0) is 0 Å². The Bertz CT molecular complexity index is 169. The second kappa shape index (κ2) is 3.42. The SMILES string of the molecule is [Li][c]1c[c]([Li])c[c]([Li])c1. The average Bonchev–Trinajstić information content (AvgIpc) is 1.59. The van der Waals surface area contributed by atoms with Gasteiger partial charge in [0.1, 0.15) is 0 Å². The van der Waals surface area contributed by atoms with Crippen LogP contribution in [-0.2, 0) is 0 Å². The zero-order valence-corrected chi connectivity index (χ0v) is 6.23. The summed E-state index contributed by atoms with van der Waals surface area (Å²) in [5, 5.41) is 0. The minimum absolute atomic E-state index is 1.35. The van der Waals surface area contributed by atoms with Gasteiger partial charge >= 0.3 is 84.1 Å². The molecule has 30 valence electrons. The molecule has 0 heterocycles. The van der Waals surface area contributed by atoms with E-state index >= 15 is 0 Å². The van der Waals surface area contributed by atoms with E-state index in [1.54, 1.807) is 0 Å². The van der Waals surface area contributed by atoms with Gasteiger partial charge in [0.2, 0.25) is 0 Å². The third-order valence-electron chi connectivity index (χ3n) is 1.37. The molecule has 9 heavy (non-hydrogen) atoms. The van der Waals surface area contributed by atoms with Crippen LogP contribution in [0.25, 0.3) is 0 Å². The first-order chi connectivity index (χ1) is 4.18. The van der Waals surface area contributed by atoms with Crippen LogP contribution in [-0.4, -0.2) is 53.1 Å². The van der Waals surface area contributed by atoms with E-state index in [-0.39, 0.29) is 0 Å². The van der Waals surface area contributed by atoms with E-state index in [2.05, 4.69) is 71.3 Å². The van der Waals surface area contributed by atoms with Crippen LogP contribution in [0.2, 0.25) is 0 Å². The molecule has 0 nitrogen and oxygen atoms in total. The molecule has 0 aliphatic rings. The van der Waals surface area contributed by atoms with Gasteiger partial charge in [0.25, 0.3) is 0 Å². The molecule has 0 bridgehead atoms. The van der Waals surface area contributed by atoms with Crippen molar-refractivity contribution in [3.8, 4) is 0 Å². The van der Waals surface area contributed by atoms with Crippen LogP contribution in [0.3, 0.4) is 0 Å². The standard InChI is InChI=1S/C6H3.3Li/c1-2-4-6-5-3-1;;;/h1,4-5H;;;. The van der Waals surface area contributed by atoms with Crippen molar-refractivity contribution in [3.63, 3.8) is 0 Å². The van der Waals surface area contributed by atoms with Crippen molar-refractivity contribution in [2.75, 3.05) is 0 Å². The van der Waals surface area contributed by atoms with Crippen LogP contribution in [0.15, 0.2) is 18.2 Å². The molecular weight excluding hydrogens is 92.9 g/mol. The van der Waals surface area contributed by atoms with E-state index in [9.17, 15) is 0 Å². The number of benzene rings is 1. The molecule has 0 spiro atoms. The molecule has 0 fully saturated rings. The number of rotatable bonds is 0. The van der Waals surface area contributed by atoms with Crippen molar-refractivity contribution in [1.29, 1.82) is 0 Å². The van der Waals surface area contributed by atoms with Crippen molar-refractivity contribution < 1.29 is 0 Å². The fourth-order valence-electron chi connectivity index (χ4n) is 1.20. The van der Waals surface area contributed by atoms with Crippen LogP contribution in [0, 0.1) is 0 Å². The van der Waals surface area contributed by atoms with Gasteiger partial charge in [-0.2, -0.15) is 0 Å². The van der Waals surface area contributed by atoms with Gasteiger partial charge in [-0.1, -0.05) is 0 Å². The van der Waals surface area contributed by atoms with E-state index in [0.717, 1.165) is 0 Å². The molecule has 0 amide bonds. The maximum absolute atomic E-state index is 2.19. The molecule has 0 aromatic heterocycles. The van der Waals surface area contributed by atoms with E-state index < -0.39 is 0 Å². The third-order valence-corrected chi connectivity index (χ3v) is 1.37. The van der Waals surface area contributed by atoms with Crippen molar-refractivity contribution in [2.24, 2.45) is 0 Å². The first kappa shape index (κ1) is 8.11. The molecule has 0 N–H and O–H groups in total. The molecule has 0 saturated heterocycles. The summed E-state index contributed by atoms with van der Waals surface area (Å²) in [6.07, 6.45) is 0. The Kier molecular flexibility index (Phi) is 3.08. The van der Waals surface area contributed by atoms with Gasteiger partial charge in [-0.25, -0.2) is 0 Å². The Morgan fingerprint density at radius 3 is 1.11 bits per heavy atom. The Morgan fingerprint density at radius 1 is 0.667 bits per heavy atom. The normalized spacial score (nSPS) is 10.0. The van der Waals surface area contributed by atoms with E-state index in [4.69, 9.17) is 0 Å². The molecule has 0 radical (unpaired) electrons. The summed E-state index contributed by atoms with van der Waals surface area (Å²) in [7, 11) is 0. The van der Waals surface area contributed by atoms with Gasteiger partial charge in [-0.3, -0.25) is 0 Å². The zero-order chi connectivity index (χ0) is 6.85. The van der Waals surface area contributed by atoms with Gasteiger partial charge in [0.15, 0.2) is 0 Å². The Balaban J connectivity index is 3.17. The Hall–Kier alpha value is 1.01. The van der Waals surface area contributed by atoms with Crippen LogP contribution in [0.5, 0.6) is 0 Å². The summed E-state index contributed by atoms with van der Waals surface area (Å²) in [4.78, 5) is 0. The van der Waals surface area contributed by atoms with E-state index in [0.29, 0.717) is 0 Å². The van der Waals surface area contributed by atoms with Crippen LogP contribution >= 0.6 is 0 Å². The Labute approximate surface area is 83.4 Å². The van der Waals surface area contributed by atoms with Crippen LogP contribution < -0.4 is 12.7 Å². The zero-order valence-electron chi connectivity index (χ0n) is 6.23. The number of hydrogen-bond donors (Lipinski definition) is 0. The van der Waals surface area contributed by atoms with Gasteiger partial charge < -0.3 is 0 Å². The fraction of sp³-hybridized carbons (Fsp3) is 0. The van der Waals surface area contributed by atoms with Gasteiger partial charge in [0.05, 0.1) is 0 Å². The quantitative estimate of drug-likeness (QED) is 0.330. The molecule has 0 aliphatic carbocycles. The summed E-state index contributed by atoms with van der Waals surface area (Å²) in [5.74, 6) is 0. The van der Waals surface area contributed by atoms with E-state index in [1.165, 1.54) is 12.7 Å². The van der Waals surface area contributed by atoms with Crippen LogP contribution in [0.1, 0.15) is 0 Å². The molecular formula is C6H3Li3. The number of hydrogen-bond acceptors (Lipinski definition) is 0. The second-order valence-corrected chi connectivity index (χ2v) is 2.67. The molecule has 0 atom stereocenters. The topological polar surface area (TPSA) is 0 Å². The van der Waals surface area contributed by atoms with E-state index in [1.807, 2.05) is 0 Å². The predicted octanol–water partition coefficient (Wildman–Crippen LogP) is -1.93. The van der Waals surface area contributed by atoms with Crippen molar-refractivity contribution in [1.82, 2.24) is 0 Å². The van der Waals surface area contributed by atoms with Crippen molar-refractivity contribution in [2.45, 2.75) is 0 Å². The monoisotopic (exact) mass is 96.1 g/mol. The summed E-state index contributed by atoms with van der Waals surface area (Å²) in [6.45, 7) is 0. The molecule has 0 unspecified atom stereocenters. The molecule has 1 aromatic rings. The van der Waals surface area contributed by atoms with Gasteiger partial charge in [-0.15, -0.1) is 0 Å². The molecule has 1 rings (SSSR count). The average molecular weight is 95.9 g/mol. The molecule has 0 saturated carbocycles. The minimum atomic E-state index is 1.35. The summed E-state index contributed by atoms with van der Waals surface area (Å²) in [5.41, 5.74) is 0.